The van der Waals surface area contributed by atoms with E-state index in [0.29, 0.717) is 10.8 Å². The van der Waals surface area contributed by atoms with Gasteiger partial charge in [-0.25, -0.2) is 0 Å². The Bertz CT molecular complexity index is 584. The second-order valence-electron chi connectivity index (χ2n) is 4.73. The summed E-state index contributed by atoms with van der Waals surface area (Å²) in [7, 11) is 3.28. The fraction of sp³-hybridized carbons (Fsp3) is 0.294. The Morgan fingerprint density at radius 3 is 2.29 bits per heavy atom. The first-order chi connectivity index (χ1) is 10.2. The van der Waals surface area contributed by atoms with Crippen molar-refractivity contribution in [3.05, 3.63) is 53.1 Å². The lowest BCUT2D eigenvalue weighted by molar-refractivity contribution is 0.414. The lowest BCUT2D eigenvalue weighted by atomic mass is 10.0. The molecule has 0 fully saturated rings. The predicted octanol–water partition coefficient (Wildman–Crippen LogP) is 4.92. The first-order valence-corrected chi connectivity index (χ1v) is 7.29. The average Bonchev–Trinajstić information content (AvgIpc) is 2.53. The van der Waals surface area contributed by atoms with Gasteiger partial charge in [0, 0.05) is 5.69 Å². The summed E-state index contributed by atoms with van der Waals surface area (Å²) < 4.78 is 10.4. The zero-order chi connectivity index (χ0) is 15.2. The average molecular weight is 306 g/mol. The van der Waals surface area contributed by atoms with E-state index in [0.717, 1.165) is 17.9 Å². The molecule has 0 bridgehead atoms. The number of ether oxygens (including phenoxy) is 2. The lowest BCUT2D eigenvalue weighted by Gasteiger charge is -2.19. The molecule has 3 nitrogen and oxygen atoms in total. The van der Waals surface area contributed by atoms with Crippen LogP contribution >= 0.6 is 11.6 Å². The SMILES string of the molecule is CCC(Nc1ccc(OC)c(Cl)c1)c1ccc(OC)cc1. The van der Waals surface area contributed by atoms with E-state index < -0.39 is 0 Å². The molecule has 0 aliphatic carbocycles. The Balaban J connectivity index is 2.16. The normalized spacial score (nSPS) is 11.8. The van der Waals surface area contributed by atoms with Crippen molar-refractivity contribution in [1.82, 2.24) is 0 Å². The number of hydrogen-bond acceptors (Lipinski definition) is 3. The van der Waals surface area contributed by atoms with E-state index in [4.69, 9.17) is 21.1 Å². The minimum Gasteiger partial charge on any atom is -0.497 e. The molecule has 2 aromatic carbocycles. The van der Waals surface area contributed by atoms with Crippen LogP contribution in [0.5, 0.6) is 11.5 Å². The van der Waals surface area contributed by atoms with Gasteiger partial charge in [-0.1, -0.05) is 30.7 Å². The maximum atomic E-state index is 6.16. The van der Waals surface area contributed by atoms with E-state index in [1.807, 2.05) is 30.3 Å². The zero-order valence-corrected chi connectivity index (χ0v) is 13.3. The third kappa shape index (κ3) is 3.82. The Morgan fingerprint density at radius 1 is 1.05 bits per heavy atom. The van der Waals surface area contributed by atoms with Crippen molar-refractivity contribution in [3.63, 3.8) is 0 Å². The molecule has 0 amide bonds. The highest BCUT2D eigenvalue weighted by Gasteiger charge is 2.10. The van der Waals surface area contributed by atoms with Gasteiger partial charge < -0.3 is 14.8 Å². The molecule has 1 atom stereocenters. The molecule has 0 saturated heterocycles. The van der Waals surface area contributed by atoms with Gasteiger partial charge in [-0.05, 0) is 42.3 Å². The van der Waals surface area contributed by atoms with Crippen LogP contribution in [-0.2, 0) is 0 Å². The molecule has 2 rings (SSSR count). The largest absolute Gasteiger partial charge is 0.497 e. The molecular formula is C17H20ClNO2. The second-order valence-corrected chi connectivity index (χ2v) is 5.13. The fourth-order valence-corrected chi connectivity index (χ4v) is 2.47. The molecule has 21 heavy (non-hydrogen) atoms. The van der Waals surface area contributed by atoms with E-state index in [2.05, 4.69) is 24.4 Å². The van der Waals surface area contributed by atoms with Gasteiger partial charge in [0.1, 0.15) is 11.5 Å². The summed E-state index contributed by atoms with van der Waals surface area (Å²) in [5.41, 5.74) is 2.19. The van der Waals surface area contributed by atoms with E-state index >= 15 is 0 Å². The van der Waals surface area contributed by atoms with Crippen molar-refractivity contribution >= 4 is 17.3 Å². The fourth-order valence-electron chi connectivity index (χ4n) is 2.21. The summed E-state index contributed by atoms with van der Waals surface area (Å²) in [4.78, 5) is 0. The Kier molecular flexibility index (Phi) is 5.34. The zero-order valence-electron chi connectivity index (χ0n) is 12.5. The van der Waals surface area contributed by atoms with Crippen LogP contribution < -0.4 is 14.8 Å². The van der Waals surface area contributed by atoms with Crippen LogP contribution in [-0.4, -0.2) is 14.2 Å². The van der Waals surface area contributed by atoms with Gasteiger partial charge in [0.2, 0.25) is 0 Å². The summed E-state index contributed by atoms with van der Waals surface area (Å²) in [6, 6.07) is 14.0. The molecule has 0 radical (unpaired) electrons. The van der Waals surface area contributed by atoms with Gasteiger partial charge in [-0.15, -0.1) is 0 Å². The summed E-state index contributed by atoms with van der Waals surface area (Å²) >= 11 is 6.16. The highest BCUT2D eigenvalue weighted by molar-refractivity contribution is 6.32. The van der Waals surface area contributed by atoms with Gasteiger partial charge in [0.25, 0.3) is 0 Å². The molecule has 0 aliphatic heterocycles. The minimum absolute atomic E-state index is 0.223. The topological polar surface area (TPSA) is 30.5 Å². The molecule has 0 aromatic heterocycles. The molecule has 0 spiro atoms. The van der Waals surface area contributed by atoms with Gasteiger partial charge in [-0.3, -0.25) is 0 Å². The van der Waals surface area contributed by atoms with Crippen molar-refractivity contribution in [2.75, 3.05) is 19.5 Å². The van der Waals surface area contributed by atoms with E-state index in [1.165, 1.54) is 5.56 Å². The van der Waals surface area contributed by atoms with E-state index in [9.17, 15) is 0 Å². The van der Waals surface area contributed by atoms with Gasteiger partial charge in [-0.2, -0.15) is 0 Å². The number of rotatable bonds is 6. The van der Waals surface area contributed by atoms with Crippen molar-refractivity contribution in [3.8, 4) is 11.5 Å². The van der Waals surface area contributed by atoms with Gasteiger partial charge in [0.05, 0.1) is 25.3 Å². The quantitative estimate of drug-likeness (QED) is 0.821. The standard InChI is InChI=1S/C17H20ClNO2/c1-4-16(12-5-8-14(20-2)9-6-12)19-13-7-10-17(21-3)15(18)11-13/h5-11,16,19H,4H2,1-3H3. The minimum atomic E-state index is 0.223. The smallest absolute Gasteiger partial charge is 0.137 e. The van der Waals surface area contributed by atoms with Crippen LogP contribution in [0, 0.1) is 0 Å². The molecule has 0 saturated carbocycles. The van der Waals surface area contributed by atoms with Crippen LogP contribution in [0.25, 0.3) is 0 Å². The molecule has 112 valence electrons. The summed E-state index contributed by atoms with van der Waals surface area (Å²) in [5.74, 6) is 1.54. The van der Waals surface area contributed by atoms with Crippen LogP contribution in [0.4, 0.5) is 5.69 Å². The van der Waals surface area contributed by atoms with Gasteiger partial charge in [0.15, 0.2) is 0 Å². The predicted molar refractivity (Wildman–Crippen MR) is 87.7 cm³/mol. The molecule has 4 heteroatoms. The van der Waals surface area contributed by atoms with Gasteiger partial charge >= 0.3 is 0 Å². The molecular weight excluding hydrogens is 286 g/mol. The third-order valence-corrected chi connectivity index (χ3v) is 3.71. The number of hydrogen-bond donors (Lipinski definition) is 1. The second kappa shape index (κ2) is 7.23. The Labute approximate surface area is 130 Å². The highest BCUT2D eigenvalue weighted by Crippen LogP contribution is 2.30. The van der Waals surface area contributed by atoms with E-state index in [-0.39, 0.29) is 6.04 Å². The van der Waals surface area contributed by atoms with Crippen molar-refractivity contribution in [2.45, 2.75) is 19.4 Å². The molecule has 0 heterocycles. The molecule has 1 N–H and O–H groups in total. The van der Waals surface area contributed by atoms with Crippen LogP contribution in [0.15, 0.2) is 42.5 Å². The van der Waals surface area contributed by atoms with Crippen LogP contribution in [0.1, 0.15) is 24.9 Å². The maximum Gasteiger partial charge on any atom is 0.137 e. The number of halogens is 1. The maximum absolute atomic E-state index is 6.16. The van der Waals surface area contributed by atoms with Crippen molar-refractivity contribution < 1.29 is 9.47 Å². The van der Waals surface area contributed by atoms with E-state index in [1.54, 1.807) is 14.2 Å². The summed E-state index contributed by atoms with van der Waals surface area (Å²) in [6.45, 7) is 2.15. The van der Waals surface area contributed by atoms with Crippen molar-refractivity contribution in [2.24, 2.45) is 0 Å². The van der Waals surface area contributed by atoms with Crippen molar-refractivity contribution in [1.29, 1.82) is 0 Å². The lowest BCUT2D eigenvalue weighted by Crippen LogP contribution is -2.09. The van der Waals surface area contributed by atoms with Crippen LogP contribution in [0.2, 0.25) is 5.02 Å². The summed E-state index contributed by atoms with van der Waals surface area (Å²) in [6.07, 6.45) is 0.968. The first kappa shape index (κ1) is 15.5. The molecule has 1 unspecified atom stereocenters. The highest BCUT2D eigenvalue weighted by atomic mass is 35.5. The molecule has 2 aromatic rings. The number of nitrogens with one attached hydrogen (secondary N) is 1. The summed E-state index contributed by atoms with van der Waals surface area (Å²) in [5, 5.41) is 4.10. The van der Waals surface area contributed by atoms with Crippen LogP contribution in [0.3, 0.4) is 0 Å². The Morgan fingerprint density at radius 2 is 1.76 bits per heavy atom. The molecule has 0 aliphatic rings. The number of methoxy groups -OCH3 is 2. The number of anilines is 1. The first-order valence-electron chi connectivity index (χ1n) is 6.92. The third-order valence-electron chi connectivity index (χ3n) is 3.42. The Hall–Kier alpha value is -1.87. The number of benzene rings is 2. The monoisotopic (exact) mass is 305 g/mol.